The van der Waals surface area contributed by atoms with E-state index >= 15 is 0 Å². The van der Waals surface area contributed by atoms with E-state index < -0.39 is 0 Å². The Labute approximate surface area is 113 Å². The van der Waals surface area contributed by atoms with Gasteiger partial charge in [-0.25, -0.2) is 0 Å². The molecule has 0 saturated heterocycles. The first-order valence-corrected chi connectivity index (χ1v) is 7.32. The van der Waals surface area contributed by atoms with Gasteiger partial charge in [0.15, 0.2) is 0 Å². The van der Waals surface area contributed by atoms with Crippen molar-refractivity contribution in [2.24, 2.45) is 23.5 Å². The minimum Gasteiger partial charge on any atom is -0.467 e. The normalized spacial score (nSPS) is 28.8. The standard InChI is InChI=1S/C15H22N2O2/c16-8-14-7-13(9-19-14)15(18)17-4-3-12-6-10-1-2-11(12)5-10/h7,9-12H,1-6,8,16H2,(H,17,18). The Kier molecular flexibility index (Phi) is 3.60. The minimum absolute atomic E-state index is 0.0494. The Bertz CT molecular complexity index is 455. The predicted molar refractivity (Wildman–Crippen MR) is 72.5 cm³/mol. The van der Waals surface area contributed by atoms with Crippen LogP contribution in [-0.2, 0) is 6.54 Å². The van der Waals surface area contributed by atoms with E-state index in [1.807, 2.05) is 0 Å². The topological polar surface area (TPSA) is 68.3 Å². The molecule has 0 spiro atoms. The first kappa shape index (κ1) is 12.7. The van der Waals surface area contributed by atoms with Crippen LogP contribution < -0.4 is 11.1 Å². The third-order valence-electron chi connectivity index (χ3n) is 4.80. The molecule has 2 bridgehead atoms. The fourth-order valence-electron chi connectivity index (χ4n) is 3.81. The van der Waals surface area contributed by atoms with Crippen LogP contribution in [0.1, 0.15) is 48.2 Å². The van der Waals surface area contributed by atoms with Crippen LogP contribution in [0.2, 0.25) is 0 Å². The highest BCUT2D eigenvalue weighted by Gasteiger charge is 2.38. The van der Waals surface area contributed by atoms with Gasteiger partial charge in [0.2, 0.25) is 0 Å². The Morgan fingerprint density at radius 1 is 1.42 bits per heavy atom. The number of fused-ring (bicyclic) bond motifs is 2. The molecule has 3 N–H and O–H groups in total. The third kappa shape index (κ3) is 2.68. The van der Waals surface area contributed by atoms with Crippen molar-refractivity contribution in [3.05, 3.63) is 23.7 Å². The Morgan fingerprint density at radius 3 is 2.95 bits per heavy atom. The summed E-state index contributed by atoms with van der Waals surface area (Å²) in [6.07, 6.45) is 8.25. The van der Waals surface area contributed by atoms with Gasteiger partial charge in [-0.15, -0.1) is 0 Å². The van der Waals surface area contributed by atoms with Crippen molar-refractivity contribution in [3.63, 3.8) is 0 Å². The van der Waals surface area contributed by atoms with Gasteiger partial charge >= 0.3 is 0 Å². The van der Waals surface area contributed by atoms with Gasteiger partial charge in [-0.1, -0.05) is 6.42 Å². The number of amides is 1. The lowest BCUT2D eigenvalue weighted by atomic mass is 9.86. The predicted octanol–water partition coefficient (Wildman–Crippen LogP) is 2.29. The summed E-state index contributed by atoms with van der Waals surface area (Å²) in [6.45, 7) is 1.11. The van der Waals surface area contributed by atoms with Gasteiger partial charge in [0.25, 0.3) is 5.91 Å². The molecular weight excluding hydrogens is 240 g/mol. The molecule has 1 amide bonds. The van der Waals surface area contributed by atoms with Crippen LogP contribution in [0.5, 0.6) is 0 Å². The largest absolute Gasteiger partial charge is 0.467 e. The second-order valence-electron chi connectivity index (χ2n) is 5.99. The molecule has 104 valence electrons. The Morgan fingerprint density at radius 2 is 2.32 bits per heavy atom. The van der Waals surface area contributed by atoms with Crippen LogP contribution in [-0.4, -0.2) is 12.5 Å². The van der Waals surface area contributed by atoms with E-state index in [-0.39, 0.29) is 5.91 Å². The average Bonchev–Trinajstić information content (AvgIpc) is 3.14. The maximum absolute atomic E-state index is 11.9. The first-order valence-electron chi connectivity index (χ1n) is 7.32. The van der Waals surface area contributed by atoms with Crippen molar-refractivity contribution in [1.29, 1.82) is 0 Å². The van der Waals surface area contributed by atoms with Gasteiger partial charge in [-0.2, -0.15) is 0 Å². The molecule has 3 atom stereocenters. The highest BCUT2D eigenvalue weighted by Crippen LogP contribution is 2.49. The van der Waals surface area contributed by atoms with Crippen LogP contribution in [0.3, 0.4) is 0 Å². The summed E-state index contributed by atoms with van der Waals surface area (Å²) in [5.41, 5.74) is 6.03. The highest BCUT2D eigenvalue weighted by atomic mass is 16.3. The van der Waals surface area contributed by atoms with Gasteiger partial charge in [-0.05, 0) is 49.5 Å². The molecule has 0 aliphatic heterocycles. The maximum Gasteiger partial charge on any atom is 0.254 e. The number of carbonyl (C=O) groups excluding carboxylic acids is 1. The maximum atomic E-state index is 11.9. The molecule has 19 heavy (non-hydrogen) atoms. The van der Waals surface area contributed by atoms with Crippen molar-refractivity contribution >= 4 is 5.91 Å². The van der Waals surface area contributed by atoms with Gasteiger partial charge in [-0.3, -0.25) is 4.79 Å². The zero-order valence-electron chi connectivity index (χ0n) is 11.2. The van der Waals surface area contributed by atoms with E-state index in [0.717, 1.165) is 30.7 Å². The Hall–Kier alpha value is -1.29. The van der Waals surface area contributed by atoms with Crippen LogP contribution in [0.15, 0.2) is 16.7 Å². The van der Waals surface area contributed by atoms with Crippen molar-refractivity contribution in [2.45, 2.75) is 38.6 Å². The number of hydrogen-bond donors (Lipinski definition) is 2. The quantitative estimate of drug-likeness (QED) is 0.855. The Balaban J connectivity index is 1.43. The number of hydrogen-bond acceptors (Lipinski definition) is 3. The molecule has 1 aromatic rings. The van der Waals surface area contributed by atoms with Crippen molar-refractivity contribution in [1.82, 2.24) is 5.32 Å². The highest BCUT2D eigenvalue weighted by molar-refractivity contribution is 5.93. The molecule has 2 aliphatic carbocycles. The van der Waals surface area contributed by atoms with E-state index in [1.54, 1.807) is 6.07 Å². The zero-order valence-corrected chi connectivity index (χ0v) is 11.2. The average molecular weight is 262 g/mol. The molecule has 0 aromatic carbocycles. The molecule has 2 aliphatic rings. The van der Waals surface area contributed by atoms with E-state index in [1.165, 1.54) is 31.9 Å². The molecular formula is C15H22N2O2. The first-order chi connectivity index (χ1) is 9.26. The van der Waals surface area contributed by atoms with Crippen LogP contribution >= 0.6 is 0 Å². The second kappa shape index (κ2) is 5.37. The van der Waals surface area contributed by atoms with E-state index in [0.29, 0.717) is 17.9 Å². The molecule has 3 unspecified atom stereocenters. The van der Waals surface area contributed by atoms with Crippen molar-refractivity contribution in [2.75, 3.05) is 6.54 Å². The molecule has 2 saturated carbocycles. The summed E-state index contributed by atoms with van der Waals surface area (Å²) in [7, 11) is 0. The summed E-state index contributed by atoms with van der Waals surface area (Å²) < 4.78 is 5.17. The third-order valence-corrected chi connectivity index (χ3v) is 4.80. The molecule has 0 radical (unpaired) electrons. The number of rotatable bonds is 5. The van der Waals surface area contributed by atoms with E-state index in [4.69, 9.17) is 10.2 Å². The molecule has 3 rings (SSSR count). The molecule has 4 heteroatoms. The van der Waals surface area contributed by atoms with Crippen LogP contribution in [0.4, 0.5) is 0 Å². The summed E-state index contributed by atoms with van der Waals surface area (Å²) in [5.74, 6) is 3.35. The lowest BCUT2D eigenvalue weighted by molar-refractivity contribution is 0.0949. The number of nitrogens with two attached hydrogens (primary N) is 1. The molecule has 1 heterocycles. The number of nitrogens with one attached hydrogen (secondary N) is 1. The smallest absolute Gasteiger partial charge is 0.254 e. The lowest BCUT2D eigenvalue weighted by Crippen LogP contribution is -2.26. The summed E-state index contributed by atoms with van der Waals surface area (Å²) in [5, 5.41) is 2.98. The van der Waals surface area contributed by atoms with Gasteiger partial charge in [0, 0.05) is 6.54 Å². The van der Waals surface area contributed by atoms with Gasteiger partial charge < -0.3 is 15.5 Å². The zero-order chi connectivity index (χ0) is 13.2. The molecule has 2 fully saturated rings. The fourth-order valence-corrected chi connectivity index (χ4v) is 3.81. The number of carbonyl (C=O) groups is 1. The van der Waals surface area contributed by atoms with Gasteiger partial charge in [0.1, 0.15) is 12.0 Å². The number of furan rings is 1. The van der Waals surface area contributed by atoms with Crippen molar-refractivity contribution in [3.8, 4) is 0 Å². The minimum atomic E-state index is -0.0494. The van der Waals surface area contributed by atoms with Crippen LogP contribution in [0, 0.1) is 17.8 Å². The van der Waals surface area contributed by atoms with Crippen LogP contribution in [0.25, 0.3) is 0 Å². The lowest BCUT2D eigenvalue weighted by Gasteiger charge is -2.21. The summed E-state index contributed by atoms with van der Waals surface area (Å²) >= 11 is 0. The van der Waals surface area contributed by atoms with E-state index in [2.05, 4.69) is 5.32 Å². The summed E-state index contributed by atoms with van der Waals surface area (Å²) in [6, 6.07) is 1.72. The van der Waals surface area contributed by atoms with E-state index in [9.17, 15) is 4.79 Å². The summed E-state index contributed by atoms with van der Waals surface area (Å²) in [4.78, 5) is 11.9. The monoisotopic (exact) mass is 262 g/mol. The van der Waals surface area contributed by atoms with Crippen molar-refractivity contribution < 1.29 is 9.21 Å². The van der Waals surface area contributed by atoms with Gasteiger partial charge in [0.05, 0.1) is 12.1 Å². The second-order valence-corrected chi connectivity index (χ2v) is 5.99. The molecule has 1 aromatic heterocycles. The molecule has 4 nitrogen and oxygen atoms in total. The SMILES string of the molecule is NCc1cc(C(=O)NCCC2CC3CCC2C3)co1. The fraction of sp³-hybridized carbons (Fsp3) is 0.667.